The number of carbonyl (C=O) groups excluding carboxylic acids is 2. The van der Waals surface area contributed by atoms with Crippen LogP contribution in [0.25, 0.3) is 0 Å². The van der Waals surface area contributed by atoms with Gasteiger partial charge < -0.3 is 14.4 Å². The molecule has 2 saturated heterocycles. The lowest BCUT2D eigenvalue weighted by atomic mass is 10.3. The predicted molar refractivity (Wildman–Crippen MR) is 72.3 cm³/mol. The number of morpholine rings is 1. The third-order valence-corrected chi connectivity index (χ3v) is 3.77. The number of hydrogen-bond acceptors (Lipinski definition) is 6. The van der Waals surface area contributed by atoms with E-state index in [1.54, 1.807) is 0 Å². The first-order chi connectivity index (χ1) is 9.69. The number of methoxy groups -OCH3 is 1. The highest BCUT2D eigenvalue weighted by molar-refractivity contribution is 5.78. The lowest BCUT2D eigenvalue weighted by Gasteiger charge is -2.35. The second-order valence-corrected chi connectivity index (χ2v) is 5.12. The van der Waals surface area contributed by atoms with E-state index < -0.39 is 0 Å². The van der Waals surface area contributed by atoms with Crippen molar-refractivity contribution in [1.82, 2.24) is 14.7 Å². The molecule has 20 heavy (non-hydrogen) atoms. The molecule has 2 heterocycles. The van der Waals surface area contributed by atoms with Crippen molar-refractivity contribution in [2.75, 3.05) is 72.7 Å². The van der Waals surface area contributed by atoms with Gasteiger partial charge in [0, 0.05) is 39.3 Å². The van der Waals surface area contributed by atoms with Crippen molar-refractivity contribution in [3.8, 4) is 0 Å². The Hall–Kier alpha value is -1.18. The molecule has 0 aromatic carbocycles. The van der Waals surface area contributed by atoms with Crippen molar-refractivity contribution >= 4 is 11.9 Å². The molecule has 0 aromatic rings. The molecule has 7 nitrogen and oxygen atoms in total. The molecule has 2 aliphatic rings. The smallest absolute Gasteiger partial charge is 0.319 e. The molecule has 0 atom stereocenters. The van der Waals surface area contributed by atoms with E-state index in [2.05, 4.69) is 9.64 Å². The summed E-state index contributed by atoms with van der Waals surface area (Å²) in [5, 5.41) is 0. The zero-order chi connectivity index (χ0) is 14.4. The van der Waals surface area contributed by atoms with Gasteiger partial charge in [0.25, 0.3) is 0 Å². The zero-order valence-electron chi connectivity index (χ0n) is 12.0. The molecule has 0 aliphatic carbocycles. The van der Waals surface area contributed by atoms with Crippen LogP contribution in [0.15, 0.2) is 0 Å². The number of hydrogen-bond donors (Lipinski definition) is 0. The zero-order valence-corrected chi connectivity index (χ0v) is 12.0. The first-order valence-electron chi connectivity index (χ1n) is 7.06. The quantitative estimate of drug-likeness (QED) is 0.594. The van der Waals surface area contributed by atoms with Gasteiger partial charge >= 0.3 is 5.97 Å². The van der Waals surface area contributed by atoms with E-state index in [9.17, 15) is 9.59 Å². The fourth-order valence-corrected chi connectivity index (χ4v) is 2.45. The van der Waals surface area contributed by atoms with Crippen molar-refractivity contribution in [3.05, 3.63) is 0 Å². The van der Waals surface area contributed by atoms with Gasteiger partial charge in [-0.05, 0) is 0 Å². The van der Waals surface area contributed by atoms with Crippen LogP contribution in [0.1, 0.15) is 0 Å². The summed E-state index contributed by atoms with van der Waals surface area (Å²) in [4.78, 5) is 29.4. The maximum atomic E-state index is 12.2. The van der Waals surface area contributed by atoms with E-state index in [1.807, 2.05) is 9.80 Å². The molecule has 1 amide bonds. The first kappa shape index (κ1) is 15.2. The number of ether oxygens (including phenoxy) is 2. The summed E-state index contributed by atoms with van der Waals surface area (Å²) in [6, 6.07) is 0. The van der Waals surface area contributed by atoms with Crippen LogP contribution in [0.4, 0.5) is 0 Å². The Kier molecular flexibility index (Phi) is 5.75. The van der Waals surface area contributed by atoms with Crippen LogP contribution in [-0.4, -0.2) is 99.3 Å². The van der Waals surface area contributed by atoms with Crippen molar-refractivity contribution in [2.45, 2.75) is 0 Å². The summed E-state index contributed by atoms with van der Waals surface area (Å²) in [6.07, 6.45) is 0. The highest BCUT2D eigenvalue weighted by Gasteiger charge is 2.24. The van der Waals surface area contributed by atoms with Crippen molar-refractivity contribution < 1.29 is 19.1 Å². The SMILES string of the molecule is COC(=O)CN1CCN(C(=O)CN2CCOCC2)CC1. The molecule has 0 bridgehead atoms. The third kappa shape index (κ3) is 4.43. The summed E-state index contributed by atoms with van der Waals surface area (Å²) >= 11 is 0. The molecule has 0 N–H and O–H groups in total. The molecule has 114 valence electrons. The van der Waals surface area contributed by atoms with Crippen molar-refractivity contribution in [1.29, 1.82) is 0 Å². The van der Waals surface area contributed by atoms with Crippen LogP contribution < -0.4 is 0 Å². The molecular weight excluding hydrogens is 262 g/mol. The Bertz CT molecular complexity index is 337. The van der Waals surface area contributed by atoms with E-state index in [0.717, 1.165) is 26.2 Å². The second kappa shape index (κ2) is 7.56. The number of rotatable bonds is 4. The van der Waals surface area contributed by atoms with Crippen LogP contribution >= 0.6 is 0 Å². The van der Waals surface area contributed by atoms with E-state index in [4.69, 9.17) is 4.74 Å². The lowest BCUT2D eigenvalue weighted by molar-refractivity contribution is -0.143. The van der Waals surface area contributed by atoms with Crippen molar-refractivity contribution in [3.63, 3.8) is 0 Å². The number of piperazine rings is 1. The highest BCUT2D eigenvalue weighted by Crippen LogP contribution is 2.04. The minimum Gasteiger partial charge on any atom is -0.468 e. The monoisotopic (exact) mass is 285 g/mol. The summed E-state index contributed by atoms with van der Waals surface area (Å²) in [5.74, 6) is -0.0530. The topological polar surface area (TPSA) is 62.3 Å². The van der Waals surface area contributed by atoms with E-state index in [-0.39, 0.29) is 11.9 Å². The van der Waals surface area contributed by atoms with Gasteiger partial charge in [0.2, 0.25) is 5.91 Å². The van der Waals surface area contributed by atoms with E-state index in [1.165, 1.54) is 7.11 Å². The van der Waals surface area contributed by atoms with Crippen LogP contribution in [0.5, 0.6) is 0 Å². The molecule has 7 heteroatoms. The average molecular weight is 285 g/mol. The van der Waals surface area contributed by atoms with Gasteiger partial charge in [-0.2, -0.15) is 0 Å². The Balaban J connectivity index is 1.69. The van der Waals surface area contributed by atoms with Crippen LogP contribution in [0.3, 0.4) is 0 Å². The number of esters is 1. The van der Waals surface area contributed by atoms with Gasteiger partial charge in [-0.1, -0.05) is 0 Å². The molecule has 0 unspecified atom stereocenters. The summed E-state index contributed by atoms with van der Waals surface area (Å²) in [6.45, 7) is 6.67. The minimum absolute atomic E-state index is 0.171. The van der Waals surface area contributed by atoms with Gasteiger partial charge in [-0.25, -0.2) is 0 Å². The first-order valence-corrected chi connectivity index (χ1v) is 7.06. The van der Waals surface area contributed by atoms with Gasteiger partial charge in [0.05, 0.1) is 33.4 Å². The summed E-state index contributed by atoms with van der Waals surface area (Å²) < 4.78 is 9.92. The van der Waals surface area contributed by atoms with E-state index >= 15 is 0 Å². The molecule has 0 radical (unpaired) electrons. The highest BCUT2D eigenvalue weighted by atomic mass is 16.5. The fourth-order valence-electron chi connectivity index (χ4n) is 2.45. The Morgan fingerprint density at radius 3 is 2.15 bits per heavy atom. The van der Waals surface area contributed by atoms with Crippen molar-refractivity contribution in [2.24, 2.45) is 0 Å². The van der Waals surface area contributed by atoms with E-state index in [0.29, 0.717) is 39.4 Å². The molecule has 0 aromatic heterocycles. The molecule has 2 fully saturated rings. The Labute approximate surface area is 119 Å². The fraction of sp³-hybridized carbons (Fsp3) is 0.846. The standard InChI is InChI=1S/C13H23N3O4/c1-19-13(18)11-14-2-4-16(5-3-14)12(17)10-15-6-8-20-9-7-15/h2-11H2,1H3. The van der Waals surface area contributed by atoms with Gasteiger partial charge in [0.1, 0.15) is 0 Å². The molecule has 0 spiro atoms. The maximum absolute atomic E-state index is 12.2. The van der Waals surface area contributed by atoms with Crippen LogP contribution in [0.2, 0.25) is 0 Å². The van der Waals surface area contributed by atoms with Gasteiger partial charge in [0.15, 0.2) is 0 Å². The lowest BCUT2D eigenvalue weighted by Crippen LogP contribution is -2.53. The minimum atomic E-state index is -0.224. The molecule has 2 aliphatic heterocycles. The summed E-state index contributed by atoms with van der Waals surface area (Å²) in [7, 11) is 1.39. The van der Waals surface area contributed by atoms with Crippen LogP contribution in [0, 0.1) is 0 Å². The predicted octanol–water partition coefficient (Wildman–Crippen LogP) is -1.36. The number of nitrogens with zero attached hydrogens (tertiary/aromatic N) is 3. The van der Waals surface area contributed by atoms with Gasteiger partial charge in [-0.15, -0.1) is 0 Å². The van der Waals surface area contributed by atoms with Crippen LogP contribution in [-0.2, 0) is 19.1 Å². The molecule has 0 saturated carbocycles. The summed E-state index contributed by atoms with van der Waals surface area (Å²) in [5.41, 5.74) is 0. The third-order valence-electron chi connectivity index (χ3n) is 3.77. The molecule has 2 rings (SSSR count). The Morgan fingerprint density at radius 2 is 1.55 bits per heavy atom. The normalized spacial score (nSPS) is 21.8. The second-order valence-electron chi connectivity index (χ2n) is 5.12. The average Bonchev–Trinajstić information content (AvgIpc) is 2.49. The largest absolute Gasteiger partial charge is 0.468 e. The number of amides is 1. The van der Waals surface area contributed by atoms with Gasteiger partial charge in [-0.3, -0.25) is 19.4 Å². The number of carbonyl (C=O) groups is 2. The molecular formula is C13H23N3O4. The Morgan fingerprint density at radius 1 is 0.950 bits per heavy atom. The maximum Gasteiger partial charge on any atom is 0.319 e.